The summed E-state index contributed by atoms with van der Waals surface area (Å²) in [4.78, 5) is 11.1. The van der Waals surface area contributed by atoms with Crippen LogP contribution in [0.25, 0.3) is 0 Å². The lowest BCUT2D eigenvalue weighted by Gasteiger charge is -2.20. The van der Waals surface area contributed by atoms with E-state index >= 15 is 0 Å². The molecular formula is C9H16O3Si. The molecule has 1 aliphatic rings. The van der Waals surface area contributed by atoms with Crippen molar-refractivity contribution in [2.24, 2.45) is 0 Å². The van der Waals surface area contributed by atoms with Gasteiger partial charge in [-0.25, -0.2) is 0 Å². The summed E-state index contributed by atoms with van der Waals surface area (Å²) in [5.41, 5.74) is 0.560. The molecule has 0 spiro atoms. The van der Waals surface area contributed by atoms with Crippen molar-refractivity contribution in [3.05, 3.63) is 12.2 Å². The van der Waals surface area contributed by atoms with E-state index < -0.39 is 9.28 Å². The number of Topliss-reactive ketones (excluding diaryl/α,β-unsaturated/α-hetero) is 1. The Morgan fingerprint density at radius 2 is 2.38 bits per heavy atom. The minimum Gasteiger partial charge on any atom is -0.397 e. The largest absolute Gasteiger partial charge is 0.397 e. The molecule has 0 amide bonds. The van der Waals surface area contributed by atoms with Crippen molar-refractivity contribution in [1.82, 2.24) is 0 Å². The molecule has 4 heteroatoms. The third-order valence-electron chi connectivity index (χ3n) is 2.01. The van der Waals surface area contributed by atoms with E-state index in [1.165, 1.54) is 6.42 Å². The second-order valence-corrected chi connectivity index (χ2v) is 5.41. The molecule has 0 N–H and O–H groups in total. The summed E-state index contributed by atoms with van der Waals surface area (Å²) in [5.74, 6) is -0.0123. The van der Waals surface area contributed by atoms with Crippen LogP contribution in [0.2, 0.25) is 6.04 Å². The highest BCUT2D eigenvalue weighted by atomic mass is 28.3. The van der Waals surface area contributed by atoms with Crippen molar-refractivity contribution in [3.8, 4) is 0 Å². The minimum absolute atomic E-state index is 0.0123. The van der Waals surface area contributed by atoms with E-state index in [1.807, 2.05) is 0 Å². The maximum Gasteiger partial charge on any atom is 0.321 e. The van der Waals surface area contributed by atoms with Crippen LogP contribution in [0.1, 0.15) is 19.8 Å². The van der Waals surface area contributed by atoms with Gasteiger partial charge in [-0.05, 0) is 31.4 Å². The van der Waals surface area contributed by atoms with Crippen LogP contribution < -0.4 is 0 Å². The molecule has 13 heavy (non-hydrogen) atoms. The minimum atomic E-state index is -1.49. The standard InChI is InChI=1S/C9H16O3Si/c1-8(2)9(10)7-12-13-6-4-3-5-11-13/h13H,1,3-7H2,2H3. The van der Waals surface area contributed by atoms with Crippen LogP contribution in [0.5, 0.6) is 0 Å². The average molecular weight is 200 g/mol. The number of ketones is 1. The van der Waals surface area contributed by atoms with E-state index in [1.54, 1.807) is 6.92 Å². The van der Waals surface area contributed by atoms with Gasteiger partial charge >= 0.3 is 9.28 Å². The van der Waals surface area contributed by atoms with Crippen LogP contribution in [-0.2, 0) is 13.6 Å². The van der Waals surface area contributed by atoms with Crippen LogP contribution in [0.4, 0.5) is 0 Å². The molecule has 0 aliphatic carbocycles. The van der Waals surface area contributed by atoms with E-state index in [-0.39, 0.29) is 12.4 Å². The van der Waals surface area contributed by atoms with E-state index in [2.05, 4.69) is 6.58 Å². The molecule has 1 saturated heterocycles. The Morgan fingerprint density at radius 1 is 1.62 bits per heavy atom. The predicted molar refractivity (Wildman–Crippen MR) is 52.9 cm³/mol. The lowest BCUT2D eigenvalue weighted by Crippen LogP contribution is -2.29. The molecule has 1 unspecified atom stereocenters. The van der Waals surface area contributed by atoms with Crippen LogP contribution in [-0.4, -0.2) is 28.3 Å². The van der Waals surface area contributed by atoms with Crippen molar-refractivity contribution in [2.45, 2.75) is 25.8 Å². The predicted octanol–water partition coefficient (Wildman–Crippen LogP) is 1.18. The van der Waals surface area contributed by atoms with E-state index in [0.717, 1.165) is 19.1 Å². The Morgan fingerprint density at radius 3 is 2.92 bits per heavy atom. The summed E-state index contributed by atoms with van der Waals surface area (Å²) < 4.78 is 10.9. The molecule has 74 valence electrons. The normalized spacial score (nSPS) is 22.7. The first-order valence-corrected chi connectivity index (χ1v) is 6.38. The number of rotatable bonds is 4. The fourth-order valence-corrected chi connectivity index (χ4v) is 2.95. The topological polar surface area (TPSA) is 35.5 Å². The molecule has 1 rings (SSSR count). The summed E-state index contributed by atoms with van der Waals surface area (Å²) >= 11 is 0. The van der Waals surface area contributed by atoms with Gasteiger partial charge in [-0.3, -0.25) is 4.79 Å². The number of carbonyl (C=O) groups excluding carboxylic acids is 1. The zero-order chi connectivity index (χ0) is 9.68. The summed E-state index contributed by atoms with van der Waals surface area (Å²) in [5, 5.41) is 0. The lowest BCUT2D eigenvalue weighted by molar-refractivity contribution is -0.117. The van der Waals surface area contributed by atoms with Gasteiger partial charge in [0, 0.05) is 6.61 Å². The molecule has 1 aliphatic heterocycles. The molecule has 0 aromatic rings. The Labute approximate surface area is 80.6 Å². The van der Waals surface area contributed by atoms with Gasteiger partial charge < -0.3 is 8.85 Å². The third kappa shape index (κ3) is 3.84. The summed E-state index contributed by atoms with van der Waals surface area (Å²) in [6, 6.07) is 1.03. The first-order chi connectivity index (χ1) is 6.20. The van der Waals surface area contributed by atoms with Crippen molar-refractivity contribution in [3.63, 3.8) is 0 Å². The molecule has 1 heterocycles. The van der Waals surface area contributed by atoms with E-state index in [0.29, 0.717) is 5.57 Å². The lowest BCUT2D eigenvalue weighted by atomic mass is 10.2. The van der Waals surface area contributed by atoms with Gasteiger partial charge in [-0.2, -0.15) is 0 Å². The Hall–Kier alpha value is -0.453. The SMILES string of the molecule is C=C(C)C(=O)CO[SiH]1CCCCO1. The molecule has 3 nitrogen and oxygen atoms in total. The summed E-state index contributed by atoms with van der Waals surface area (Å²) in [6.07, 6.45) is 2.31. The van der Waals surface area contributed by atoms with Gasteiger partial charge in [0.1, 0.15) is 0 Å². The second kappa shape index (κ2) is 5.31. The Balaban J connectivity index is 2.17. The van der Waals surface area contributed by atoms with E-state index in [4.69, 9.17) is 8.85 Å². The second-order valence-electron chi connectivity index (χ2n) is 3.31. The van der Waals surface area contributed by atoms with Crippen LogP contribution in [0, 0.1) is 0 Å². The fraction of sp³-hybridized carbons (Fsp3) is 0.667. The van der Waals surface area contributed by atoms with Gasteiger partial charge in [-0.1, -0.05) is 6.58 Å². The fourth-order valence-electron chi connectivity index (χ4n) is 1.13. The Kier molecular flexibility index (Phi) is 4.34. The molecule has 0 aromatic heterocycles. The van der Waals surface area contributed by atoms with E-state index in [9.17, 15) is 4.79 Å². The first kappa shape index (κ1) is 10.6. The monoisotopic (exact) mass is 200 g/mol. The number of hydrogen-bond acceptors (Lipinski definition) is 3. The van der Waals surface area contributed by atoms with Gasteiger partial charge in [0.25, 0.3) is 0 Å². The van der Waals surface area contributed by atoms with Crippen LogP contribution >= 0.6 is 0 Å². The van der Waals surface area contributed by atoms with Gasteiger partial charge in [0.2, 0.25) is 0 Å². The van der Waals surface area contributed by atoms with Gasteiger partial charge in [-0.15, -0.1) is 0 Å². The molecular weight excluding hydrogens is 184 g/mol. The smallest absolute Gasteiger partial charge is 0.321 e. The summed E-state index contributed by atoms with van der Waals surface area (Å²) in [6.45, 7) is 6.23. The molecule has 0 saturated carbocycles. The van der Waals surface area contributed by atoms with Crippen molar-refractivity contribution in [1.29, 1.82) is 0 Å². The van der Waals surface area contributed by atoms with Crippen molar-refractivity contribution >= 4 is 15.1 Å². The molecule has 0 radical (unpaired) electrons. The Bertz CT molecular complexity index is 197. The highest BCUT2D eigenvalue weighted by Gasteiger charge is 2.18. The highest BCUT2D eigenvalue weighted by Crippen LogP contribution is 2.11. The average Bonchev–Trinajstić information content (AvgIpc) is 2.15. The van der Waals surface area contributed by atoms with Gasteiger partial charge in [0.05, 0.1) is 6.61 Å². The van der Waals surface area contributed by atoms with Crippen molar-refractivity contribution < 1.29 is 13.6 Å². The first-order valence-electron chi connectivity index (χ1n) is 4.62. The number of carbonyl (C=O) groups is 1. The zero-order valence-electron chi connectivity index (χ0n) is 8.04. The highest BCUT2D eigenvalue weighted by molar-refractivity contribution is 6.44. The molecule has 0 aromatic carbocycles. The molecule has 1 atom stereocenters. The molecule has 0 bridgehead atoms. The maximum atomic E-state index is 11.1. The van der Waals surface area contributed by atoms with Crippen LogP contribution in [0.15, 0.2) is 12.2 Å². The maximum absolute atomic E-state index is 11.1. The number of hydrogen-bond donors (Lipinski definition) is 0. The third-order valence-corrected chi connectivity index (χ3v) is 4.04. The van der Waals surface area contributed by atoms with Crippen LogP contribution in [0.3, 0.4) is 0 Å². The molecule has 1 fully saturated rings. The van der Waals surface area contributed by atoms with Gasteiger partial charge in [0.15, 0.2) is 5.78 Å². The van der Waals surface area contributed by atoms with Crippen molar-refractivity contribution in [2.75, 3.05) is 13.2 Å². The zero-order valence-corrected chi connectivity index (χ0v) is 9.20. The summed E-state index contributed by atoms with van der Waals surface area (Å²) in [7, 11) is -1.49. The quantitative estimate of drug-likeness (QED) is 0.505.